The number of nitro benzene ring substituents is 1. The normalized spacial score (nSPS) is 14.2. The van der Waals surface area contributed by atoms with Crippen LogP contribution in [0.4, 0.5) is 5.69 Å². The number of ether oxygens (including phenoxy) is 2. The molecule has 1 aliphatic rings. The first-order valence-corrected chi connectivity index (χ1v) is 7.37. The number of aryl methyl sites for hydroxylation is 1. The van der Waals surface area contributed by atoms with Gasteiger partial charge in [-0.05, 0) is 30.2 Å². The topological polar surface area (TPSA) is 95.7 Å². The van der Waals surface area contributed by atoms with Gasteiger partial charge < -0.3 is 9.47 Å². The molecule has 126 valence electrons. The van der Waals surface area contributed by atoms with Crippen molar-refractivity contribution in [2.45, 2.75) is 13.8 Å². The Labute approximate surface area is 142 Å². The van der Waals surface area contributed by atoms with Crippen LogP contribution in [0.2, 0.25) is 0 Å². The summed E-state index contributed by atoms with van der Waals surface area (Å²) in [6.45, 7) is 2.99. The van der Waals surface area contributed by atoms with Gasteiger partial charge in [-0.2, -0.15) is 0 Å². The van der Waals surface area contributed by atoms with Crippen molar-refractivity contribution in [3.8, 4) is 11.5 Å². The molecule has 0 saturated heterocycles. The molecule has 3 rings (SSSR count). The van der Waals surface area contributed by atoms with Gasteiger partial charge in [0.25, 0.3) is 5.69 Å². The fraction of sp³-hybridized carbons (Fsp3) is 0.111. The van der Waals surface area contributed by atoms with Crippen molar-refractivity contribution < 1.29 is 24.0 Å². The smallest absolute Gasteiger partial charge is 0.308 e. The zero-order chi connectivity index (χ0) is 18.1. The molecule has 1 aliphatic heterocycles. The third-order valence-electron chi connectivity index (χ3n) is 3.58. The number of Topliss-reactive ketones (excluding diaryl/α,β-unsaturated/α-hetero) is 1. The van der Waals surface area contributed by atoms with Gasteiger partial charge in [-0.3, -0.25) is 19.7 Å². The van der Waals surface area contributed by atoms with Gasteiger partial charge >= 0.3 is 5.97 Å². The summed E-state index contributed by atoms with van der Waals surface area (Å²) in [6.07, 6.45) is 1.44. The molecular weight excluding hydrogens is 326 g/mol. The SMILES string of the molecule is CC(=O)Oc1cc(C)c2c(c1)O/C(=C\c1cccc([N+](=O)[O-])c1)C2=O. The maximum atomic E-state index is 12.5. The number of non-ortho nitro benzene ring substituents is 1. The van der Waals surface area contributed by atoms with Gasteiger partial charge in [0.1, 0.15) is 11.5 Å². The highest BCUT2D eigenvalue weighted by atomic mass is 16.6. The quantitative estimate of drug-likeness (QED) is 0.279. The molecule has 0 bridgehead atoms. The number of nitrogens with zero attached hydrogens (tertiary/aromatic N) is 1. The molecule has 0 N–H and O–H groups in total. The molecule has 1 heterocycles. The monoisotopic (exact) mass is 339 g/mol. The molecular formula is C18H13NO6. The van der Waals surface area contributed by atoms with Crippen molar-refractivity contribution in [2.24, 2.45) is 0 Å². The van der Waals surface area contributed by atoms with Crippen molar-refractivity contribution in [3.63, 3.8) is 0 Å². The standard InChI is InChI=1S/C18H13NO6/c1-10-6-14(24-11(2)20)9-15-17(10)18(21)16(25-15)8-12-4-3-5-13(7-12)19(22)23/h3-9H,1-2H3/b16-8-. The van der Waals surface area contributed by atoms with Crippen LogP contribution in [0.3, 0.4) is 0 Å². The third-order valence-corrected chi connectivity index (χ3v) is 3.58. The first-order valence-electron chi connectivity index (χ1n) is 7.37. The van der Waals surface area contributed by atoms with E-state index in [2.05, 4.69) is 0 Å². The molecule has 0 atom stereocenters. The van der Waals surface area contributed by atoms with Crippen LogP contribution in [0.15, 0.2) is 42.2 Å². The number of hydrogen-bond donors (Lipinski definition) is 0. The molecule has 0 saturated carbocycles. The lowest BCUT2D eigenvalue weighted by atomic mass is 10.0. The molecule has 0 aromatic heterocycles. The zero-order valence-corrected chi connectivity index (χ0v) is 13.4. The van der Waals surface area contributed by atoms with Gasteiger partial charge in [-0.25, -0.2) is 0 Å². The van der Waals surface area contributed by atoms with Crippen LogP contribution in [-0.2, 0) is 4.79 Å². The average molecular weight is 339 g/mol. The third kappa shape index (κ3) is 3.25. The number of allylic oxidation sites excluding steroid dienone is 1. The molecule has 0 fully saturated rings. The van der Waals surface area contributed by atoms with Crippen molar-refractivity contribution in [1.82, 2.24) is 0 Å². The van der Waals surface area contributed by atoms with Gasteiger partial charge in [0.2, 0.25) is 5.78 Å². The molecule has 0 spiro atoms. The zero-order valence-electron chi connectivity index (χ0n) is 13.4. The lowest BCUT2D eigenvalue weighted by molar-refractivity contribution is -0.384. The molecule has 0 aliphatic carbocycles. The second kappa shape index (κ2) is 6.20. The molecule has 0 radical (unpaired) electrons. The molecule has 25 heavy (non-hydrogen) atoms. The Kier molecular flexibility index (Phi) is 4.06. The van der Waals surface area contributed by atoms with Crippen LogP contribution < -0.4 is 9.47 Å². The van der Waals surface area contributed by atoms with Crippen LogP contribution in [0.1, 0.15) is 28.4 Å². The van der Waals surface area contributed by atoms with E-state index >= 15 is 0 Å². The van der Waals surface area contributed by atoms with Crippen LogP contribution in [-0.4, -0.2) is 16.7 Å². The lowest BCUT2D eigenvalue weighted by Crippen LogP contribution is -2.02. The molecule has 0 unspecified atom stereocenters. The molecule has 2 aromatic rings. The largest absolute Gasteiger partial charge is 0.452 e. The predicted molar refractivity (Wildman–Crippen MR) is 88.5 cm³/mol. The summed E-state index contributed by atoms with van der Waals surface area (Å²) in [5, 5.41) is 10.8. The van der Waals surface area contributed by atoms with Gasteiger partial charge in [0, 0.05) is 25.1 Å². The number of hydrogen-bond acceptors (Lipinski definition) is 6. The fourth-order valence-electron chi connectivity index (χ4n) is 2.58. The summed E-state index contributed by atoms with van der Waals surface area (Å²) in [5.74, 6) is -0.172. The Morgan fingerprint density at radius 1 is 1.28 bits per heavy atom. The van der Waals surface area contributed by atoms with Gasteiger partial charge in [0.15, 0.2) is 5.76 Å². The van der Waals surface area contributed by atoms with E-state index in [4.69, 9.17) is 9.47 Å². The van der Waals surface area contributed by atoms with Crippen molar-refractivity contribution in [2.75, 3.05) is 0 Å². The van der Waals surface area contributed by atoms with E-state index in [1.165, 1.54) is 37.3 Å². The Balaban J connectivity index is 1.97. The van der Waals surface area contributed by atoms with Gasteiger partial charge in [0.05, 0.1) is 10.5 Å². The van der Waals surface area contributed by atoms with Crippen LogP contribution in [0.25, 0.3) is 6.08 Å². The van der Waals surface area contributed by atoms with Gasteiger partial charge in [-0.15, -0.1) is 0 Å². The minimum absolute atomic E-state index is 0.0542. The summed E-state index contributed by atoms with van der Waals surface area (Å²) >= 11 is 0. The summed E-state index contributed by atoms with van der Waals surface area (Å²) in [7, 11) is 0. The number of fused-ring (bicyclic) bond motifs is 1. The van der Waals surface area contributed by atoms with Crippen molar-refractivity contribution >= 4 is 23.5 Å². The second-order valence-corrected chi connectivity index (χ2v) is 5.50. The Morgan fingerprint density at radius 2 is 2.04 bits per heavy atom. The maximum absolute atomic E-state index is 12.5. The number of rotatable bonds is 3. The highest BCUT2D eigenvalue weighted by Crippen LogP contribution is 2.37. The molecule has 7 nitrogen and oxygen atoms in total. The molecule has 0 amide bonds. The Hall–Kier alpha value is -3.48. The minimum Gasteiger partial charge on any atom is -0.452 e. The van der Waals surface area contributed by atoms with E-state index in [9.17, 15) is 19.7 Å². The number of carbonyl (C=O) groups excluding carboxylic acids is 2. The van der Waals surface area contributed by atoms with E-state index in [-0.39, 0.29) is 28.7 Å². The molecule has 2 aromatic carbocycles. The number of ketones is 1. The van der Waals surface area contributed by atoms with Crippen LogP contribution in [0, 0.1) is 17.0 Å². The predicted octanol–water partition coefficient (Wildman–Crippen LogP) is 3.44. The number of carbonyl (C=O) groups is 2. The summed E-state index contributed by atoms with van der Waals surface area (Å²) in [4.78, 5) is 34.0. The van der Waals surface area contributed by atoms with E-state index in [1.807, 2.05) is 0 Å². The van der Waals surface area contributed by atoms with E-state index < -0.39 is 10.9 Å². The highest BCUT2D eigenvalue weighted by molar-refractivity contribution is 6.15. The lowest BCUT2D eigenvalue weighted by Gasteiger charge is -2.05. The first kappa shape index (κ1) is 16.4. The van der Waals surface area contributed by atoms with E-state index in [0.29, 0.717) is 16.7 Å². The van der Waals surface area contributed by atoms with E-state index in [0.717, 1.165) is 0 Å². The fourth-order valence-corrected chi connectivity index (χ4v) is 2.58. The van der Waals surface area contributed by atoms with Crippen molar-refractivity contribution in [1.29, 1.82) is 0 Å². The molecule has 7 heteroatoms. The first-order chi connectivity index (χ1) is 11.8. The van der Waals surface area contributed by atoms with Crippen molar-refractivity contribution in [3.05, 3.63) is 69.0 Å². The number of benzene rings is 2. The summed E-state index contributed by atoms with van der Waals surface area (Å²) < 4.78 is 10.6. The summed E-state index contributed by atoms with van der Waals surface area (Å²) in [5.41, 5.74) is 1.39. The number of nitro groups is 1. The Morgan fingerprint density at radius 3 is 2.72 bits per heavy atom. The maximum Gasteiger partial charge on any atom is 0.308 e. The van der Waals surface area contributed by atoms with E-state index in [1.54, 1.807) is 19.1 Å². The van der Waals surface area contributed by atoms with Crippen LogP contribution >= 0.6 is 0 Å². The highest BCUT2D eigenvalue weighted by Gasteiger charge is 2.30. The summed E-state index contributed by atoms with van der Waals surface area (Å²) in [6, 6.07) is 8.93. The van der Waals surface area contributed by atoms with Gasteiger partial charge in [-0.1, -0.05) is 12.1 Å². The number of esters is 1. The van der Waals surface area contributed by atoms with Crippen LogP contribution in [0.5, 0.6) is 11.5 Å². The Bertz CT molecular complexity index is 945. The average Bonchev–Trinajstić information content (AvgIpc) is 2.83. The minimum atomic E-state index is -0.510. The second-order valence-electron chi connectivity index (χ2n) is 5.50.